The van der Waals surface area contributed by atoms with Crippen LogP contribution in [0.15, 0.2) is 237 Å². The van der Waals surface area contributed by atoms with E-state index >= 15 is 0 Å². The molecule has 0 N–H and O–H groups in total. The maximum atomic E-state index is 2.47. The fraction of sp³-hybridized carbons (Fsp3) is 0.171. The number of benzene rings is 11. The minimum absolute atomic E-state index is 1.07. The van der Waals surface area contributed by atoms with E-state index in [-0.39, 0.29) is 0 Å². The van der Waals surface area contributed by atoms with Crippen LogP contribution < -0.4 is 9.80 Å². The van der Waals surface area contributed by atoms with Gasteiger partial charge in [0.2, 0.25) is 0 Å². The largest absolute Gasteiger partial charge is 0.324 e. The van der Waals surface area contributed by atoms with Crippen molar-refractivity contribution in [2.45, 2.75) is 52.9 Å². The lowest BCUT2D eigenvalue weighted by Gasteiger charge is -2.35. The zero-order chi connectivity index (χ0) is 49.6. The zero-order valence-corrected chi connectivity index (χ0v) is 42.7. The molecule has 0 unspecified atom stereocenters. The Morgan fingerprint density at radius 2 is 0.712 bits per heavy atom. The van der Waals surface area contributed by atoms with E-state index in [1.807, 2.05) is 0 Å². The molecule has 0 bridgehead atoms. The van der Waals surface area contributed by atoms with Crippen LogP contribution in [0.25, 0.3) is 65.3 Å². The summed E-state index contributed by atoms with van der Waals surface area (Å²) in [7, 11) is 0. The molecule has 0 fully saturated rings. The summed E-state index contributed by atoms with van der Waals surface area (Å²) in [6.07, 6.45) is 6.13. The van der Waals surface area contributed by atoms with E-state index < -0.39 is 0 Å². The van der Waals surface area contributed by atoms with Crippen molar-refractivity contribution in [2.75, 3.05) is 36.0 Å². The molecule has 3 nitrogen and oxygen atoms in total. The van der Waals surface area contributed by atoms with Crippen LogP contribution in [0.1, 0.15) is 52.0 Å². The van der Waals surface area contributed by atoms with Crippen LogP contribution in [0.3, 0.4) is 0 Å². The number of rotatable bonds is 18. The van der Waals surface area contributed by atoms with E-state index in [0.29, 0.717) is 0 Å². The lowest BCUT2D eigenvalue weighted by atomic mass is 9.84. The average molecular weight is 949 g/mol. The molecule has 11 aromatic carbocycles. The fourth-order valence-corrected chi connectivity index (χ4v) is 11.5. The number of hydrogen-bond donors (Lipinski definition) is 0. The Kier molecular flexibility index (Phi) is 13.9. The molecular weight excluding hydrogens is 883 g/mol. The summed E-state index contributed by atoms with van der Waals surface area (Å²) >= 11 is 0. The third kappa shape index (κ3) is 9.74. The Hall–Kier alpha value is -7.98. The summed E-state index contributed by atoms with van der Waals surface area (Å²) in [6, 6.07) is 87.6. The molecule has 360 valence electrons. The molecule has 0 atom stereocenters. The van der Waals surface area contributed by atoms with Crippen molar-refractivity contribution in [1.82, 2.24) is 0 Å². The van der Waals surface area contributed by atoms with Gasteiger partial charge in [0.15, 0.2) is 0 Å². The number of hydrogen-bond acceptors (Lipinski definition) is 2. The Morgan fingerprint density at radius 3 is 1.19 bits per heavy atom. The van der Waals surface area contributed by atoms with Crippen molar-refractivity contribution in [3.05, 3.63) is 242 Å². The first-order chi connectivity index (χ1) is 36.0. The quantitative estimate of drug-likeness (QED) is 0.0480. The molecule has 0 aromatic heterocycles. The summed E-state index contributed by atoms with van der Waals surface area (Å²) < 4.78 is 1.24. The molecule has 0 saturated heterocycles. The normalized spacial score (nSPS) is 11.7. The molecule has 73 heavy (non-hydrogen) atoms. The van der Waals surface area contributed by atoms with Gasteiger partial charge in [-0.1, -0.05) is 158 Å². The third-order valence-electron chi connectivity index (χ3n) is 15.7. The molecule has 0 radical (unpaired) electrons. The molecule has 0 heterocycles. The highest BCUT2D eigenvalue weighted by Gasteiger charge is 2.23. The van der Waals surface area contributed by atoms with Gasteiger partial charge >= 0.3 is 0 Å². The second-order valence-electron chi connectivity index (χ2n) is 19.9. The van der Waals surface area contributed by atoms with Gasteiger partial charge < -0.3 is 14.3 Å². The lowest BCUT2D eigenvalue weighted by Crippen LogP contribution is -2.48. The number of fused-ring (bicyclic) bond motifs is 4. The van der Waals surface area contributed by atoms with Gasteiger partial charge in [0, 0.05) is 34.1 Å². The standard InChI is InChI=1S/C70H66N3/c1-4-73(5-2,6-3)46-23-8-7-12-25-52-26-24-37-62(47-52)72(61-35-17-11-18-36-61)64-43-45-66-68(51-64)70(58-41-39-54-28-20-22-30-56(54)49-58)65-44-42-63(71(59-31-13-9-14-32-59)60-33-15-10-16-34-60)50-67(65)69(66)57-40-38-53-27-19-21-29-55(53)48-57/h9-11,13-22,24,26-45,47-51H,4-8,12,23,25,46H2,1-3H3/q+1. The number of para-hydroxylation sites is 3. The second-order valence-corrected chi connectivity index (χ2v) is 19.9. The van der Waals surface area contributed by atoms with Gasteiger partial charge in [-0.25, -0.2) is 0 Å². The molecule has 0 saturated carbocycles. The highest BCUT2D eigenvalue weighted by molar-refractivity contribution is 6.23. The number of aryl methyl sites for hydroxylation is 1. The molecule has 0 spiro atoms. The molecule has 11 rings (SSSR count). The molecule has 11 aromatic rings. The van der Waals surface area contributed by atoms with Gasteiger partial charge in [-0.3, -0.25) is 0 Å². The summed E-state index contributed by atoms with van der Waals surface area (Å²) in [5, 5.41) is 9.77. The Labute approximate surface area is 432 Å². The van der Waals surface area contributed by atoms with E-state index in [2.05, 4.69) is 267 Å². The van der Waals surface area contributed by atoms with Gasteiger partial charge in [0.1, 0.15) is 0 Å². The summed E-state index contributed by atoms with van der Waals surface area (Å²) in [5.74, 6) is 0. The number of anilines is 6. The minimum atomic E-state index is 1.07. The number of quaternary nitrogens is 1. The number of nitrogens with zero attached hydrogens (tertiary/aromatic N) is 3. The van der Waals surface area contributed by atoms with Crippen LogP contribution in [0.2, 0.25) is 0 Å². The Balaban J connectivity index is 1.10. The van der Waals surface area contributed by atoms with Crippen molar-refractivity contribution in [3.8, 4) is 22.3 Å². The van der Waals surface area contributed by atoms with Crippen molar-refractivity contribution in [3.63, 3.8) is 0 Å². The lowest BCUT2D eigenvalue weighted by molar-refractivity contribution is -0.923. The van der Waals surface area contributed by atoms with Gasteiger partial charge in [0.05, 0.1) is 26.2 Å². The monoisotopic (exact) mass is 949 g/mol. The highest BCUT2D eigenvalue weighted by Crippen LogP contribution is 2.49. The topological polar surface area (TPSA) is 6.48 Å². The van der Waals surface area contributed by atoms with Gasteiger partial charge in [-0.15, -0.1) is 0 Å². The van der Waals surface area contributed by atoms with Crippen LogP contribution in [-0.4, -0.2) is 30.7 Å². The maximum absolute atomic E-state index is 2.47. The zero-order valence-electron chi connectivity index (χ0n) is 42.7. The molecule has 3 heteroatoms. The molecular formula is C70H66N3+. The summed E-state index contributed by atoms with van der Waals surface area (Å²) in [4.78, 5) is 4.85. The van der Waals surface area contributed by atoms with Crippen molar-refractivity contribution in [1.29, 1.82) is 0 Å². The molecule has 0 aliphatic carbocycles. The first-order valence-corrected chi connectivity index (χ1v) is 26.7. The second kappa shape index (κ2) is 21.4. The van der Waals surface area contributed by atoms with E-state index in [0.717, 1.165) is 34.9 Å². The van der Waals surface area contributed by atoms with Crippen LogP contribution in [-0.2, 0) is 6.42 Å². The van der Waals surface area contributed by atoms with E-state index in [1.54, 1.807) is 0 Å². The van der Waals surface area contributed by atoms with E-state index in [1.165, 1.54) is 133 Å². The first-order valence-electron chi connectivity index (χ1n) is 26.7. The van der Waals surface area contributed by atoms with Crippen molar-refractivity contribution < 1.29 is 4.48 Å². The average Bonchev–Trinajstić information content (AvgIpc) is 3.45. The maximum Gasteiger partial charge on any atom is 0.0786 e. The number of unbranched alkanes of at least 4 members (excludes halogenated alkanes) is 3. The summed E-state index contributed by atoms with van der Waals surface area (Å²) in [6.45, 7) is 12.0. The third-order valence-corrected chi connectivity index (χ3v) is 15.7. The Bertz CT molecular complexity index is 3610. The summed E-state index contributed by atoms with van der Waals surface area (Å²) in [5.41, 5.74) is 13.0. The first kappa shape index (κ1) is 47.4. The fourth-order valence-electron chi connectivity index (χ4n) is 11.5. The van der Waals surface area contributed by atoms with Gasteiger partial charge in [-0.05, 0) is 202 Å². The van der Waals surface area contributed by atoms with Crippen LogP contribution in [0.4, 0.5) is 34.1 Å². The predicted octanol–water partition coefficient (Wildman–Crippen LogP) is 19.6. The highest BCUT2D eigenvalue weighted by atomic mass is 15.3. The molecule has 0 aliphatic heterocycles. The minimum Gasteiger partial charge on any atom is -0.324 e. The van der Waals surface area contributed by atoms with E-state index in [4.69, 9.17) is 0 Å². The molecule has 0 aliphatic rings. The predicted molar refractivity (Wildman–Crippen MR) is 316 cm³/mol. The Morgan fingerprint density at radius 1 is 0.301 bits per heavy atom. The van der Waals surface area contributed by atoms with Gasteiger partial charge in [0.25, 0.3) is 0 Å². The van der Waals surface area contributed by atoms with Gasteiger partial charge in [-0.2, -0.15) is 0 Å². The van der Waals surface area contributed by atoms with Crippen molar-refractivity contribution in [2.24, 2.45) is 0 Å². The van der Waals surface area contributed by atoms with E-state index in [9.17, 15) is 0 Å². The smallest absolute Gasteiger partial charge is 0.0786 e. The van der Waals surface area contributed by atoms with Crippen LogP contribution in [0.5, 0.6) is 0 Å². The van der Waals surface area contributed by atoms with Crippen LogP contribution in [0, 0.1) is 0 Å². The van der Waals surface area contributed by atoms with Crippen molar-refractivity contribution >= 4 is 77.2 Å². The van der Waals surface area contributed by atoms with Crippen LogP contribution >= 0.6 is 0 Å². The SMILES string of the molecule is CC[N+](CC)(CC)CCCCCCc1cccc(N(c2ccccc2)c2ccc3c(-c4ccc5ccccc5c4)c4cc(N(c5ccccc5)c5ccccc5)ccc4c(-c4ccc5ccccc5c4)c3c2)c1. The molecule has 0 amide bonds.